The fourth-order valence-electron chi connectivity index (χ4n) is 2.26. The first-order valence-corrected chi connectivity index (χ1v) is 6.22. The van der Waals surface area contributed by atoms with Crippen LogP contribution in [-0.2, 0) is 18.9 Å². The van der Waals surface area contributed by atoms with E-state index in [1.807, 2.05) is 13.8 Å². The van der Waals surface area contributed by atoms with Gasteiger partial charge in [0.1, 0.15) is 12.2 Å². The van der Waals surface area contributed by atoms with Gasteiger partial charge >= 0.3 is 0 Å². The van der Waals surface area contributed by atoms with Gasteiger partial charge in [-0.1, -0.05) is 0 Å². The van der Waals surface area contributed by atoms with Crippen LogP contribution in [0.2, 0.25) is 0 Å². The summed E-state index contributed by atoms with van der Waals surface area (Å²) in [6.45, 7) is 7.06. The molecule has 0 amide bonds. The van der Waals surface area contributed by atoms with Crippen LogP contribution >= 0.6 is 0 Å². The molecule has 0 aromatic rings. The van der Waals surface area contributed by atoms with Crippen molar-refractivity contribution in [1.82, 2.24) is 0 Å². The summed E-state index contributed by atoms with van der Waals surface area (Å²) in [4.78, 5) is 0. The molecule has 3 unspecified atom stereocenters. The van der Waals surface area contributed by atoms with Crippen molar-refractivity contribution in [3.63, 3.8) is 0 Å². The van der Waals surface area contributed by atoms with E-state index in [0.29, 0.717) is 13.0 Å². The normalized spacial score (nSPS) is 40.3. The highest BCUT2D eigenvalue weighted by Crippen LogP contribution is 2.33. The molecule has 2 heterocycles. The smallest absolute Gasteiger partial charge is 0.164 e. The third-order valence-electron chi connectivity index (χ3n) is 2.94. The Labute approximate surface area is 107 Å². The van der Waals surface area contributed by atoms with E-state index in [0.717, 1.165) is 0 Å². The zero-order valence-electron chi connectivity index (χ0n) is 11.3. The molecule has 2 rings (SSSR count). The van der Waals surface area contributed by atoms with Crippen molar-refractivity contribution in [1.29, 1.82) is 0 Å². The Morgan fingerprint density at radius 3 is 2.50 bits per heavy atom. The van der Waals surface area contributed by atoms with E-state index in [1.54, 1.807) is 0 Å². The molecule has 18 heavy (non-hydrogen) atoms. The fourth-order valence-corrected chi connectivity index (χ4v) is 2.26. The van der Waals surface area contributed by atoms with Crippen LogP contribution in [0.3, 0.4) is 0 Å². The van der Waals surface area contributed by atoms with Gasteiger partial charge in [0.15, 0.2) is 17.9 Å². The van der Waals surface area contributed by atoms with Crippen LogP contribution < -0.4 is 0 Å². The molecule has 2 aliphatic heterocycles. The van der Waals surface area contributed by atoms with Crippen LogP contribution in [0.4, 0.5) is 0 Å². The quantitative estimate of drug-likeness (QED) is 0.715. The lowest BCUT2D eigenvalue weighted by molar-refractivity contribution is -0.275. The molecule has 6 nitrogen and oxygen atoms in total. The topological polar surface area (TPSA) is 77.4 Å². The molecule has 0 aromatic heterocycles. The van der Waals surface area contributed by atoms with Crippen LogP contribution in [-0.4, -0.2) is 53.0 Å². The Balaban J connectivity index is 1.92. The Morgan fingerprint density at radius 2 is 2.00 bits per heavy atom. The van der Waals surface area contributed by atoms with E-state index in [1.165, 1.54) is 13.8 Å². The molecule has 2 saturated heterocycles. The predicted octanol–water partition coefficient (Wildman–Crippen LogP) is 0.359. The maximum absolute atomic E-state index is 9.96. The van der Waals surface area contributed by atoms with Gasteiger partial charge in [0, 0.05) is 6.42 Å². The number of aliphatic hydroxyl groups is 2. The highest BCUT2D eigenvalue weighted by molar-refractivity contribution is 4.88. The summed E-state index contributed by atoms with van der Waals surface area (Å²) >= 11 is 0. The average molecular weight is 262 g/mol. The summed E-state index contributed by atoms with van der Waals surface area (Å²) in [6.07, 6.45) is -1.80. The number of hydrogen-bond donors (Lipinski definition) is 2. The lowest BCUT2D eigenvalue weighted by Crippen LogP contribution is -2.38. The van der Waals surface area contributed by atoms with Crippen molar-refractivity contribution in [2.75, 3.05) is 6.61 Å². The average Bonchev–Trinajstić information content (AvgIpc) is 2.67. The molecule has 106 valence electrons. The number of hydrogen-bond acceptors (Lipinski definition) is 6. The summed E-state index contributed by atoms with van der Waals surface area (Å²) in [5.74, 6) is -1.94. The summed E-state index contributed by atoms with van der Waals surface area (Å²) in [7, 11) is 0. The highest BCUT2D eigenvalue weighted by atomic mass is 16.8. The van der Waals surface area contributed by atoms with E-state index in [9.17, 15) is 10.2 Å². The van der Waals surface area contributed by atoms with Gasteiger partial charge < -0.3 is 29.2 Å². The third-order valence-corrected chi connectivity index (χ3v) is 2.94. The zero-order valence-corrected chi connectivity index (χ0v) is 11.3. The van der Waals surface area contributed by atoms with Gasteiger partial charge in [-0.2, -0.15) is 0 Å². The molecule has 0 aliphatic carbocycles. The van der Waals surface area contributed by atoms with Crippen molar-refractivity contribution in [2.45, 2.75) is 70.3 Å². The molecule has 4 atom stereocenters. The van der Waals surface area contributed by atoms with Gasteiger partial charge in [-0.15, -0.1) is 0 Å². The molecule has 2 aliphatic rings. The van der Waals surface area contributed by atoms with Gasteiger partial charge in [-0.25, -0.2) is 0 Å². The summed E-state index contributed by atoms with van der Waals surface area (Å²) < 4.78 is 22.0. The first-order chi connectivity index (χ1) is 8.16. The van der Waals surface area contributed by atoms with Gasteiger partial charge in [0.2, 0.25) is 0 Å². The van der Waals surface area contributed by atoms with E-state index >= 15 is 0 Å². The monoisotopic (exact) mass is 262 g/mol. The van der Waals surface area contributed by atoms with Crippen molar-refractivity contribution in [3.05, 3.63) is 0 Å². The van der Waals surface area contributed by atoms with Crippen molar-refractivity contribution in [3.8, 4) is 0 Å². The summed E-state index contributed by atoms with van der Waals surface area (Å²) in [5.41, 5.74) is 0. The van der Waals surface area contributed by atoms with E-state index in [4.69, 9.17) is 18.9 Å². The number of rotatable bonds is 3. The van der Waals surface area contributed by atoms with E-state index in [-0.39, 0.29) is 6.10 Å². The minimum absolute atomic E-state index is 0.314. The standard InChI is InChI=1S/C12H22O6/c1-11(2,14)18-9-5-7(13)10(16-9)8-6-15-12(3,4)17-8/h7-10,13-14H,5-6H2,1-4H3/t7?,8?,9-,10?/m1/s1. The molecule has 6 heteroatoms. The maximum atomic E-state index is 9.96. The van der Waals surface area contributed by atoms with E-state index < -0.39 is 30.1 Å². The van der Waals surface area contributed by atoms with Crippen LogP contribution in [0, 0.1) is 0 Å². The molecular weight excluding hydrogens is 240 g/mol. The third kappa shape index (κ3) is 3.40. The first-order valence-electron chi connectivity index (χ1n) is 6.22. The van der Waals surface area contributed by atoms with Gasteiger partial charge in [0.25, 0.3) is 0 Å². The van der Waals surface area contributed by atoms with Crippen molar-refractivity contribution < 1.29 is 29.2 Å². The van der Waals surface area contributed by atoms with Crippen LogP contribution in [0.15, 0.2) is 0 Å². The first kappa shape index (κ1) is 14.2. The molecule has 0 radical (unpaired) electrons. The van der Waals surface area contributed by atoms with Crippen LogP contribution in [0.1, 0.15) is 34.1 Å². The van der Waals surface area contributed by atoms with Gasteiger partial charge in [-0.05, 0) is 27.7 Å². The lowest BCUT2D eigenvalue weighted by atomic mass is 10.1. The summed E-state index contributed by atoms with van der Waals surface area (Å²) in [6, 6.07) is 0. The largest absolute Gasteiger partial charge is 0.390 e. The maximum Gasteiger partial charge on any atom is 0.164 e. The minimum Gasteiger partial charge on any atom is -0.390 e. The highest BCUT2D eigenvalue weighted by Gasteiger charge is 2.46. The van der Waals surface area contributed by atoms with Crippen molar-refractivity contribution >= 4 is 0 Å². The van der Waals surface area contributed by atoms with Crippen LogP contribution in [0.5, 0.6) is 0 Å². The van der Waals surface area contributed by atoms with E-state index in [2.05, 4.69) is 0 Å². The molecule has 0 saturated carbocycles. The second-order valence-corrected chi connectivity index (χ2v) is 5.77. The van der Waals surface area contributed by atoms with Crippen LogP contribution in [0.25, 0.3) is 0 Å². The molecule has 2 fully saturated rings. The summed E-state index contributed by atoms with van der Waals surface area (Å²) in [5, 5.41) is 19.5. The molecule has 2 N–H and O–H groups in total. The Kier molecular flexibility index (Phi) is 3.70. The van der Waals surface area contributed by atoms with Crippen molar-refractivity contribution in [2.24, 2.45) is 0 Å². The number of ether oxygens (including phenoxy) is 4. The molecule has 0 aromatic carbocycles. The Morgan fingerprint density at radius 1 is 1.33 bits per heavy atom. The Hall–Kier alpha value is -0.240. The second-order valence-electron chi connectivity index (χ2n) is 5.77. The SMILES string of the molecule is CC(C)(O)O[C@@H]1CC(O)C(C2COC(C)(C)O2)O1. The predicted molar refractivity (Wildman–Crippen MR) is 61.6 cm³/mol. The Bertz CT molecular complexity index is 297. The zero-order chi connectivity index (χ0) is 13.6. The number of aliphatic hydroxyl groups excluding tert-OH is 1. The second kappa shape index (κ2) is 4.70. The van der Waals surface area contributed by atoms with Gasteiger partial charge in [-0.3, -0.25) is 0 Å². The molecular formula is C12H22O6. The fraction of sp³-hybridized carbons (Fsp3) is 1.00. The lowest BCUT2D eigenvalue weighted by Gasteiger charge is -2.25. The minimum atomic E-state index is -1.29. The molecule has 0 spiro atoms. The molecule has 0 bridgehead atoms. The van der Waals surface area contributed by atoms with Gasteiger partial charge in [0.05, 0.1) is 12.7 Å².